The van der Waals surface area contributed by atoms with Crippen molar-refractivity contribution in [2.24, 2.45) is 0 Å². The van der Waals surface area contributed by atoms with Gasteiger partial charge in [0.15, 0.2) is 6.29 Å². The lowest BCUT2D eigenvalue weighted by molar-refractivity contribution is -0.401. The summed E-state index contributed by atoms with van der Waals surface area (Å²) in [5, 5.41) is 20.7. The first-order valence-electron chi connectivity index (χ1n) is 8.77. The first-order chi connectivity index (χ1) is 12.7. The summed E-state index contributed by atoms with van der Waals surface area (Å²) in [6, 6.07) is 19.2. The first kappa shape index (κ1) is 16.4. The van der Waals surface area contributed by atoms with Crippen LogP contribution >= 0.6 is 0 Å². The van der Waals surface area contributed by atoms with Gasteiger partial charge in [-0.3, -0.25) is 0 Å². The molecule has 6 nitrogen and oxygen atoms in total. The standard InChI is InChI=1S/C20H20O6/c21-11-20(22)18-17(24-19(25-18)13-9-5-2-6-10-13)15-16(26-20)14(23-15)12-7-3-1-4-8-12/h1-10,14-19,21-22H,11H2. The van der Waals surface area contributed by atoms with Gasteiger partial charge in [0.05, 0.1) is 6.61 Å². The van der Waals surface area contributed by atoms with E-state index in [0.717, 1.165) is 11.1 Å². The van der Waals surface area contributed by atoms with E-state index in [2.05, 4.69) is 0 Å². The lowest BCUT2D eigenvalue weighted by atomic mass is 9.83. The van der Waals surface area contributed by atoms with Crippen molar-refractivity contribution in [1.29, 1.82) is 0 Å². The van der Waals surface area contributed by atoms with Crippen molar-refractivity contribution >= 4 is 0 Å². The number of fused-ring (bicyclic) bond motifs is 3. The number of aliphatic hydroxyl groups is 2. The molecule has 0 saturated carbocycles. The van der Waals surface area contributed by atoms with Crippen molar-refractivity contribution < 1.29 is 29.2 Å². The Bertz CT molecular complexity index is 768. The van der Waals surface area contributed by atoms with Crippen LogP contribution in [0.1, 0.15) is 23.5 Å². The van der Waals surface area contributed by atoms with Gasteiger partial charge < -0.3 is 29.2 Å². The fourth-order valence-corrected chi connectivity index (χ4v) is 3.98. The lowest BCUT2D eigenvalue weighted by Gasteiger charge is -2.55. The van der Waals surface area contributed by atoms with Gasteiger partial charge in [0.1, 0.15) is 30.5 Å². The highest BCUT2D eigenvalue weighted by Crippen LogP contribution is 2.51. The van der Waals surface area contributed by atoms with E-state index in [1.807, 2.05) is 60.7 Å². The van der Waals surface area contributed by atoms with E-state index in [1.165, 1.54) is 0 Å². The highest BCUT2D eigenvalue weighted by molar-refractivity contribution is 5.24. The molecule has 0 aliphatic carbocycles. The van der Waals surface area contributed by atoms with Crippen LogP contribution in [-0.2, 0) is 18.9 Å². The molecule has 3 aliphatic rings. The smallest absolute Gasteiger partial charge is 0.219 e. The van der Waals surface area contributed by atoms with Gasteiger partial charge in [-0.25, -0.2) is 0 Å². The molecular formula is C20H20O6. The van der Waals surface area contributed by atoms with E-state index in [-0.39, 0.29) is 12.2 Å². The van der Waals surface area contributed by atoms with E-state index in [0.29, 0.717) is 0 Å². The van der Waals surface area contributed by atoms with Gasteiger partial charge in [0, 0.05) is 5.56 Å². The zero-order chi connectivity index (χ0) is 17.7. The van der Waals surface area contributed by atoms with Gasteiger partial charge in [-0.2, -0.15) is 0 Å². The third kappa shape index (κ3) is 2.42. The average Bonchev–Trinajstić information content (AvgIpc) is 3.12. The largest absolute Gasteiger partial charge is 0.391 e. The summed E-state index contributed by atoms with van der Waals surface area (Å²) in [5.74, 6) is -1.83. The minimum Gasteiger partial charge on any atom is -0.391 e. The number of aliphatic hydroxyl groups excluding tert-OH is 1. The van der Waals surface area contributed by atoms with E-state index in [4.69, 9.17) is 18.9 Å². The summed E-state index contributed by atoms with van der Waals surface area (Å²) >= 11 is 0. The molecule has 136 valence electrons. The van der Waals surface area contributed by atoms with E-state index < -0.39 is 37.0 Å². The number of hydrogen-bond donors (Lipinski definition) is 2. The van der Waals surface area contributed by atoms with Crippen LogP contribution in [0, 0.1) is 0 Å². The maximum Gasteiger partial charge on any atom is 0.219 e. The van der Waals surface area contributed by atoms with Crippen molar-refractivity contribution in [3.05, 3.63) is 71.8 Å². The van der Waals surface area contributed by atoms with Gasteiger partial charge in [-0.15, -0.1) is 0 Å². The fraction of sp³-hybridized carbons (Fsp3) is 0.400. The first-order valence-corrected chi connectivity index (χ1v) is 8.77. The predicted molar refractivity (Wildman–Crippen MR) is 89.9 cm³/mol. The van der Waals surface area contributed by atoms with Crippen LogP contribution in [0.4, 0.5) is 0 Å². The zero-order valence-electron chi connectivity index (χ0n) is 14.0. The molecule has 0 spiro atoms. The van der Waals surface area contributed by atoms with Crippen LogP contribution in [-0.4, -0.2) is 47.0 Å². The Labute approximate surface area is 150 Å². The molecule has 2 aromatic carbocycles. The van der Waals surface area contributed by atoms with Crippen molar-refractivity contribution in [3.8, 4) is 0 Å². The molecular weight excluding hydrogens is 336 g/mol. The third-order valence-electron chi connectivity index (χ3n) is 5.31. The quantitative estimate of drug-likeness (QED) is 0.872. The van der Waals surface area contributed by atoms with Crippen LogP contribution in [0.15, 0.2) is 60.7 Å². The highest BCUT2D eigenvalue weighted by atomic mass is 16.8. The molecule has 7 atom stereocenters. The summed E-state index contributed by atoms with van der Waals surface area (Å²) in [5.41, 5.74) is 1.81. The molecule has 3 saturated heterocycles. The summed E-state index contributed by atoms with van der Waals surface area (Å²) in [6.07, 6.45) is -3.04. The van der Waals surface area contributed by atoms with Gasteiger partial charge in [0.2, 0.25) is 5.79 Å². The molecule has 2 aromatic rings. The van der Waals surface area contributed by atoms with E-state index >= 15 is 0 Å². The summed E-state index contributed by atoms with van der Waals surface area (Å²) in [7, 11) is 0. The van der Waals surface area contributed by atoms with Crippen LogP contribution in [0.5, 0.6) is 0 Å². The molecule has 2 N–H and O–H groups in total. The van der Waals surface area contributed by atoms with Crippen LogP contribution < -0.4 is 0 Å². The summed E-state index contributed by atoms with van der Waals surface area (Å²) in [6.45, 7) is -0.580. The van der Waals surface area contributed by atoms with Gasteiger partial charge in [-0.1, -0.05) is 60.7 Å². The van der Waals surface area contributed by atoms with Crippen LogP contribution in [0.2, 0.25) is 0 Å². The minimum absolute atomic E-state index is 0.306. The van der Waals surface area contributed by atoms with E-state index in [1.54, 1.807) is 0 Å². The Morgan fingerprint density at radius 3 is 2.08 bits per heavy atom. The number of hydrogen-bond acceptors (Lipinski definition) is 6. The Morgan fingerprint density at radius 2 is 1.42 bits per heavy atom. The predicted octanol–water partition coefficient (Wildman–Crippen LogP) is 1.69. The molecule has 3 heterocycles. The Morgan fingerprint density at radius 1 is 0.769 bits per heavy atom. The molecule has 3 fully saturated rings. The summed E-state index contributed by atoms with van der Waals surface area (Å²) < 4.78 is 23.9. The second-order valence-electron chi connectivity index (χ2n) is 6.92. The van der Waals surface area contributed by atoms with Crippen LogP contribution in [0.25, 0.3) is 0 Å². The monoisotopic (exact) mass is 356 g/mol. The fourth-order valence-electron chi connectivity index (χ4n) is 3.98. The number of ether oxygens (including phenoxy) is 4. The maximum absolute atomic E-state index is 10.9. The van der Waals surface area contributed by atoms with Gasteiger partial charge >= 0.3 is 0 Å². The van der Waals surface area contributed by atoms with Crippen molar-refractivity contribution in [2.45, 2.75) is 42.6 Å². The highest BCUT2D eigenvalue weighted by Gasteiger charge is 2.66. The Kier molecular flexibility index (Phi) is 3.86. The van der Waals surface area contributed by atoms with E-state index in [9.17, 15) is 10.2 Å². The Hall–Kier alpha value is -1.80. The van der Waals surface area contributed by atoms with Crippen molar-refractivity contribution in [1.82, 2.24) is 0 Å². The van der Waals surface area contributed by atoms with Gasteiger partial charge in [0.25, 0.3) is 0 Å². The molecule has 5 rings (SSSR count). The number of rotatable bonds is 3. The molecule has 0 radical (unpaired) electrons. The van der Waals surface area contributed by atoms with Crippen LogP contribution in [0.3, 0.4) is 0 Å². The number of benzene rings is 2. The maximum atomic E-state index is 10.9. The normalized spacial score (nSPS) is 41.2. The molecule has 0 aromatic heterocycles. The molecule has 6 heteroatoms. The molecule has 26 heavy (non-hydrogen) atoms. The third-order valence-corrected chi connectivity index (χ3v) is 5.31. The molecule has 7 unspecified atom stereocenters. The summed E-state index contributed by atoms with van der Waals surface area (Å²) in [4.78, 5) is 0. The van der Waals surface area contributed by atoms with Crippen molar-refractivity contribution in [3.63, 3.8) is 0 Å². The topological polar surface area (TPSA) is 77.4 Å². The average molecular weight is 356 g/mol. The minimum atomic E-state index is -1.83. The lowest BCUT2D eigenvalue weighted by Crippen LogP contribution is -2.71. The second-order valence-corrected chi connectivity index (χ2v) is 6.92. The Balaban J connectivity index is 1.42. The van der Waals surface area contributed by atoms with Crippen molar-refractivity contribution in [2.75, 3.05) is 6.61 Å². The van der Waals surface area contributed by atoms with Gasteiger partial charge in [-0.05, 0) is 5.56 Å². The molecule has 0 amide bonds. The second kappa shape index (κ2) is 6.13. The molecule has 3 aliphatic heterocycles. The zero-order valence-corrected chi connectivity index (χ0v) is 14.0. The molecule has 0 bridgehead atoms. The SMILES string of the molecule is OCC1(O)OC2C(c3ccccc3)OC2C2OC(c3ccccc3)OC21.